The van der Waals surface area contributed by atoms with Crippen LogP contribution >= 0.6 is 11.3 Å². The van der Waals surface area contributed by atoms with Gasteiger partial charge in [-0.25, -0.2) is 9.78 Å². The van der Waals surface area contributed by atoms with Crippen LogP contribution in [0.4, 0.5) is 0 Å². The van der Waals surface area contributed by atoms with Gasteiger partial charge < -0.3 is 9.84 Å². The summed E-state index contributed by atoms with van der Waals surface area (Å²) in [6.45, 7) is 3.80. The van der Waals surface area contributed by atoms with Crippen LogP contribution in [0.15, 0.2) is 23.6 Å². The number of carbonyl (C=O) groups excluding carboxylic acids is 1. The van der Waals surface area contributed by atoms with E-state index in [1.165, 1.54) is 5.38 Å². The minimum Gasteiger partial charge on any atom is -0.485 e. The van der Waals surface area contributed by atoms with E-state index in [2.05, 4.69) is 4.98 Å². The van der Waals surface area contributed by atoms with Gasteiger partial charge in [-0.3, -0.25) is 4.79 Å². The van der Waals surface area contributed by atoms with Gasteiger partial charge in [-0.15, -0.1) is 11.3 Å². The van der Waals surface area contributed by atoms with Crippen LogP contribution in [0.1, 0.15) is 31.4 Å². The molecule has 1 aromatic heterocycles. The van der Waals surface area contributed by atoms with Gasteiger partial charge in [0.1, 0.15) is 5.75 Å². The number of aromatic nitrogens is 1. The molecule has 0 unspecified atom stereocenters. The molecule has 1 aromatic carbocycles. The summed E-state index contributed by atoms with van der Waals surface area (Å²) >= 11 is 1.01. The summed E-state index contributed by atoms with van der Waals surface area (Å²) in [7, 11) is 0. The smallest absolute Gasteiger partial charge is 0.355 e. The highest BCUT2D eigenvalue weighted by Gasteiger charge is 2.15. The van der Waals surface area contributed by atoms with E-state index in [-0.39, 0.29) is 23.1 Å². The van der Waals surface area contributed by atoms with Crippen LogP contribution < -0.4 is 4.74 Å². The highest BCUT2D eigenvalue weighted by atomic mass is 32.1. The van der Waals surface area contributed by atoms with Crippen molar-refractivity contribution in [1.82, 2.24) is 4.98 Å². The van der Waals surface area contributed by atoms with Crippen molar-refractivity contribution >= 4 is 23.1 Å². The Bertz CT molecular complexity index is 663. The monoisotopic (exact) mass is 291 g/mol. The van der Waals surface area contributed by atoms with Gasteiger partial charge in [-0.05, 0) is 37.1 Å². The van der Waals surface area contributed by atoms with E-state index in [1.807, 2.05) is 26.0 Å². The quantitative estimate of drug-likeness (QED) is 0.857. The molecule has 0 radical (unpaired) electrons. The Balaban J connectivity index is 2.00. The highest BCUT2D eigenvalue weighted by Crippen LogP contribution is 2.17. The Labute approximate surface area is 119 Å². The molecule has 0 atom stereocenters. The Morgan fingerprint density at radius 1 is 1.30 bits per heavy atom. The van der Waals surface area contributed by atoms with Crippen molar-refractivity contribution < 1.29 is 19.4 Å². The molecule has 1 N–H and O–H groups in total. The minimum atomic E-state index is -1.14. The molecule has 0 saturated heterocycles. The number of aromatic carboxylic acids is 1. The zero-order chi connectivity index (χ0) is 14.7. The second-order valence-electron chi connectivity index (χ2n) is 4.30. The molecule has 0 bridgehead atoms. The number of rotatable bonds is 5. The van der Waals surface area contributed by atoms with Crippen molar-refractivity contribution in [2.24, 2.45) is 0 Å². The number of ketones is 1. The average molecular weight is 291 g/mol. The molecule has 0 aliphatic rings. The Morgan fingerprint density at radius 3 is 2.65 bits per heavy atom. The third-order valence-electron chi connectivity index (χ3n) is 2.81. The topological polar surface area (TPSA) is 76.5 Å². The van der Waals surface area contributed by atoms with Crippen LogP contribution in [0, 0.1) is 13.8 Å². The van der Waals surface area contributed by atoms with E-state index >= 15 is 0 Å². The van der Waals surface area contributed by atoms with Crippen molar-refractivity contribution in [1.29, 1.82) is 0 Å². The number of nitrogens with zero attached hydrogens (tertiary/aromatic N) is 1. The molecule has 5 nitrogen and oxygen atoms in total. The average Bonchev–Trinajstić information content (AvgIpc) is 2.89. The normalized spacial score (nSPS) is 10.3. The minimum absolute atomic E-state index is 0.121. The Morgan fingerprint density at radius 2 is 2.05 bits per heavy atom. The first-order valence-electron chi connectivity index (χ1n) is 5.89. The van der Waals surface area contributed by atoms with Gasteiger partial charge in [-0.2, -0.15) is 0 Å². The van der Waals surface area contributed by atoms with Crippen LogP contribution in [0.5, 0.6) is 5.75 Å². The van der Waals surface area contributed by atoms with Gasteiger partial charge in [0.15, 0.2) is 17.3 Å². The maximum Gasteiger partial charge on any atom is 0.355 e. The number of carboxylic acid groups (broad SMARTS) is 1. The molecule has 0 spiro atoms. The van der Waals surface area contributed by atoms with Crippen molar-refractivity contribution in [3.63, 3.8) is 0 Å². The van der Waals surface area contributed by atoms with E-state index in [1.54, 1.807) is 6.07 Å². The lowest BCUT2D eigenvalue weighted by Crippen LogP contribution is -2.12. The van der Waals surface area contributed by atoms with Crippen LogP contribution in [0.25, 0.3) is 0 Å². The third kappa shape index (κ3) is 3.21. The number of thiazole rings is 1. The number of Topliss-reactive ketones (excluding diaryl/α,β-unsaturated/α-hetero) is 1. The van der Waals surface area contributed by atoms with E-state index in [0.717, 1.165) is 22.5 Å². The van der Waals surface area contributed by atoms with Crippen molar-refractivity contribution in [2.45, 2.75) is 13.8 Å². The fourth-order valence-corrected chi connectivity index (χ4v) is 2.23. The lowest BCUT2D eigenvalue weighted by Gasteiger charge is -2.06. The predicted octanol–water partition coefficient (Wildman–Crippen LogP) is 2.72. The molecule has 0 aliphatic carbocycles. The van der Waals surface area contributed by atoms with Crippen LogP contribution in [-0.4, -0.2) is 28.4 Å². The zero-order valence-electron chi connectivity index (χ0n) is 11.0. The number of aryl methyl sites for hydroxylation is 2. The molecule has 2 rings (SSSR count). The summed E-state index contributed by atoms with van der Waals surface area (Å²) in [5, 5.41) is 10.2. The fraction of sp³-hybridized carbons (Fsp3) is 0.214. The van der Waals surface area contributed by atoms with Gasteiger partial charge in [0.05, 0.1) is 0 Å². The van der Waals surface area contributed by atoms with Crippen molar-refractivity contribution in [3.8, 4) is 5.75 Å². The van der Waals surface area contributed by atoms with Crippen LogP contribution in [-0.2, 0) is 0 Å². The standard InChI is InChI=1S/C14H13NO4S/c1-8-3-4-10(5-9(8)2)19-6-12(16)13-15-11(7-20-13)14(17)18/h3-5,7H,6H2,1-2H3,(H,17,18). The maximum atomic E-state index is 11.8. The van der Waals surface area contributed by atoms with E-state index in [9.17, 15) is 9.59 Å². The number of hydrogen-bond donors (Lipinski definition) is 1. The predicted molar refractivity (Wildman–Crippen MR) is 74.8 cm³/mol. The number of benzene rings is 1. The van der Waals surface area contributed by atoms with Gasteiger partial charge in [0.25, 0.3) is 0 Å². The molecule has 20 heavy (non-hydrogen) atoms. The second-order valence-corrected chi connectivity index (χ2v) is 5.16. The van der Waals surface area contributed by atoms with E-state index < -0.39 is 5.97 Å². The molecular weight excluding hydrogens is 278 g/mol. The lowest BCUT2D eigenvalue weighted by molar-refractivity contribution is 0.0691. The first-order chi connectivity index (χ1) is 9.47. The number of carboxylic acids is 1. The van der Waals surface area contributed by atoms with Gasteiger partial charge in [0.2, 0.25) is 5.78 Å². The maximum absolute atomic E-state index is 11.8. The second kappa shape index (κ2) is 5.83. The lowest BCUT2D eigenvalue weighted by atomic mass is 10.1. The summed E-state index contributed by atoms with van der Waals surface area (Å²) in [5.74, 6) is -0.868. The molecule has 2 aromatic rings. The molecule has 6 heteroatoms. The molecule has 0 saturated carbocycles. The molecule has 0 amide bonds. The number of carbonyl (C=O) groups is 2. The van der Waals surface area contributed by atoms with E-state index in [4.69, 9.17) is 9.84 Å². The number of ether oxygens (including phenoxy) is 1. The zero-order valence-corrected chi connectivity index (χ0v) is 11.9. The fourth-order valence-electron chi connectivity index (χ4n) is 1.51. The van der Waals surface area contributed by atoms with Crippen molar-refractivity contribution in [2.75, 3.05) is 6.61 Å². The van der Waals surface area contributed by atoms with Crippen LogP contribution in [0.2, 0.25) is 0 Å². The molecule has 104 valence electrons. The summed E-state index contributed by atoms with van der Waals surface area (Å²) in [4.78, 5) is 26.3. The number of hydrogen-bond acceptors (Lipinski definition) is 5. The molecule has 0 fully saturated rings. The largest absolute Gasteiger partial charge is 0.485 e. The first-order valence-corrected chi connectivity index (χ1v) is 6.77. The summed E-state index contributed by atoms with van der Waals surface area (Å²) in [6, 6.07) is 5.56. The van der Waals surface area contributed by atoms with Gasteiger partial charge in [0, 0.05) is 5.38 Å². The van der Waals surface area contributed by atoms with Gasteiger partial charge in [-0.1, -0.05) is 6.07 Å². The molecule has 1 heterocycles. The highest BCUT2D eigenvalue weighted by molar-refractivity contribution is 7.12. The Kier molecular flexibility index (Phi) is 4.14. The third-order valence-corrected chi connectivity index (χ3v) is 3.69. The first kappa shape index (κ1) is 14.2. The summed E-state index contributed by atoms with van der Waals surface area (Å²) in [6.07, 6.45) is 0. The summed E-state index contributed by atoms with van der Waals surface area (Å²) < 4.78 is 5.40. The van der Waals surface area contributed by atoms with Gasteiger partial charge >= 0.3 is 5.97 Å². The van der Waals surface area contributed by atoms with Crippen LogP contribution in [0.3, 0.4) is 0 Å². The van der Waals surface area contributed by atoms with E-state index in [0.29, 0.717) is 5.75 Å². The Hall–Kier alpha value is -2.21. The summed E-state index contributed by atoms with van der Waals surface area (Å²) in [5.41, 5.74) is 2.11. The molecular formula is C14H13NO4S. The molecule has 0 aliphatic heterocycles. The van der Waals surface area contributed by atoms with Crippen molar-refractivity contribution in [3.05, 3.63) is 45.4 Å². The SMILES string of the molecule is Cc1ccc(OCC(=O)c2nc(C(=O)O)cs2)cc1C.